The second kappa shape index (κ2) is 7.23. The van der Waals surface area contributed by atoms with Gasteiger partial charge in [-0.05, 0) is 49.2 Å². The number of fused-ring (bicyclic) bond motifs is 1. The lowest BCUT2D eigenvalue weighted by Crippen LogP contribution is -2.06. The predicted octanol–water partition coefficient (Wildman–Crippen LogP) is 6.05. The Morgan fingerprint density at radius 2 is 1.83 bits per heavy atom. The first-order valence-corrected chi connectivity index (χ1v) is 9.29. The third-order valence-corrected chi connectivity index (χ3v) is 5.84. The van der Waals surface area contributed by atoms with Crippen molar-refractivity contribution in [2.75, 3.05) is 0 Å². The number of carbonyl (C=O) groups is 1. The van der Waals surface area contributed by atoms with Crippen LogP contribution < -0.4 is 4.74 Å². The zero-order valence-electron chi connectivity index (χ0n) is 12.8. The maximum absolute atomic E-state index is 12.9. The Balaban J connectivity index is 1.69. The van der Waals surface area contributed by atoms with E-state index in [2.05, 4.69) is 13.0 Å². The van der Waals surface area contributed by atoms with Gasteiger partial charge in [-0.25, -0.2) is 9.18 Å². The van der Waals surface area contributed by atoms with Gasteiger partial charge in [-0.15, -0.1) is 22.7 Å². The smallest absolute Gasteiger partial charge is 0.353 e. The minimum absolute atomic E-state index is 0.350. The Kier molecular flexibility index (Phi) is 5.08. The number of esters is 1. The third kappa shape index (κ3) is 3.98. The first kappa shape index (κ1) is 16.1. The molecule has 0 radical (unpaired) electrons. The van der Waals surface area contributed by atoms with E-state index in [1.807, 2.05) is 6.07 Å². The van der Waals surface area contributed by atoms with Crippen LogP contribution in [0, 0.1) is 5.82 Å². The molecule has 0 unspecified atom stereocenters. The topological polar surface area (TPSA) is 26.3 Å². The number of thiophene rings is 2. The second-order valence-corrected chi connectivity index (χ2v) is 7.60. The van der Waals surface area contributed by atoms with E-state index in [0.29, 0.717) is 10.6 Å². The molecule has 0 aliphatic carbocycles. The number of hydrogen-bond donors (Lipinski definition) is 0. The molecule has 2 nitrogen and oxygen atoms in total. The number of unbranched alkanes of at least 4 members (excludes halogenated alkanes) is 2. The summed E-state index contributed by atoms with van der Waals surface area (Å²) in [5.41, 5.74) is 0. The van der Waals surface area contributed by atoms with E-state index in [4.69, 9.17) is 4.74 Å². The highest BCUT2D eigenvalue weighted by Gasteiger charge is 2.15. The van der Waals surface area contributed by atoms with Crippen LogP contribution in [0.25, 0.3) is 9.40 Å². The fraction of sp³-hybridized carbons (Fsp3) is 0.278. The molecule has 0 amide bonds. The highest BCUT2D eigenvalue weighted by molar-refractivity contribution is 7.28. The highest BCUT2D eigenvalue weighted by Crippen LogP contribution is 2.34. The van der Waals surface area contributed by atoms with Gasteiger partial charge in [0.05, 0.1) is 0 Å². The quantitative estimate of drug-likeness (QED) is 0.308. The van der Waals surface area contributed by atoms with Gasteiger partial charge in [-0.2, -0.15) is 0 Å². The summed E-state index contributed by atoms with van der Waals surface area (Å²) in [4.78, 5) is 14.1. The SMILES string of the molecule is CCCCCc1cc2sc(C(=O)Oc3ccc(F)cc3)cc2s1. The van der Waals surface area contributed by atoms with E-state index in [9.17, 15) is 9.18 Å². The fourth-order valence-electron chi connectivity index (χ4n) is 2.32. The summed E-state index contributed by atoms with van der Waals surface area (Å²) in [6, 6.07) is 9.52. The number of hydrogen-bond acceptors (Lipinski definition) is 4. The minimum Gasteiger partial charge on any atom is -0.422 e. The normalized spacial score (nSPS) is 11.0. The van der Waals surface area contributed by atoms with Gasteiger partial charge < -0.3 is 4.74 Å². The Morgan fingerprint density at radius 3 is 2.52 bits per heavy atom. The van der Waals surface area contributed by atoms with Crippen molar-refractivity contribution in [3.63, 3.8) is 0 Å². The average Bonchev–Trinajstić information content (AvgIpc) is 3.08. The van der Waals surface area contributed by atoms with Crippen molar-refractivity contribution in [3.8, 4) is 5.75 Å². The maximum Gasteiger partial charge on any atom is 0.353 e. The molecule has 0 bridgehead atoms. The van der Waals surface area contributed by atoms with E-state index < -0.39 is 5.97 Å². The van der Waals surface area contributed by atoms with Crippen molar-refractivity contribution in [2.45, 2.75) is 32.6 Å². The van der Waals surface area contributed by atoms with Crippen molar-refractivity contribution in [1.29, 1.82) is 0 Å². The molecule has 5 heteroatoms. The summed E-state index contributed by atoms with van der Waals surface area (Å²) in [5.74, 6) is -0.386. The van der Waals surface area contributed by atoms with Gasteiger partial charge in [0.15, 0.2) is 0 Å². The van der Waals surface area contributed by atoms with Crippen LogP contribution in [0.1, 0.15) is 40.7 Å². The zero-order chi connectivity index (χ0) is 16.2. The molecular formula is C18H17FO2S2. The number of ether oxygens (including phenoxy) is 1. The molecule has 23 heavy (non-hydrogen) atoms. The molecule has 1 aromatic carbocycles. The second-order valence-electron chi connectivity index (χ2n) is 5.35. The summed E-state index contributed by atoms with van der Waals surface area (Å²) >= 11 is 3.20. The van der Waals surface area contributed by atoms with Gasteiger partial charge in [-0.1, -0.05) is 19.8 Å². The Hall–Kier alpha value is -1.72. The minimum atomic E-state index is -0.391. The lowest BCUT2D eigenvalue weighted by atomic mass is 10.2. The van der Waals surface area contributed by atoms with Gasteiger partial charge in [0, 0.05) is 14.3 Å². The molecule has 0 aliphatic heterocycles. The maximum atomic E-state index is 12.9. The van der Waals surface area contributed by atoms with Gasteiger partial charge in [0.2, 0.25) is 0 Å². The Labute approximate surface area is 142 Å². The van der Waals surface area contributed by atoms with Crippen molar-refractivity contribution in [2.24, 2.45) is 0 Å². The first-order chi connectivity index (χ1) is 11.2. The van der Waals surface area contributed by atoms with Crippen LogP contribution >= 0.6 is 22.7 Å². The van der Waals surface area contributed by atoms with Gasteiger partial charge in [-0.3, -0.25) is 0 Å². The summed E-state index contributed by atoms with van der Waals surface area (Å²) in [6.45, 7) is 2.20. The van der Waals surface area contributed by atoms with Crippen LogP contribution in [0.5, 0.6) is 5.75 Å². The summed E-state index contributed by atoms with van der Waals surface area (Å²) in [6.07, 6.45) is 4.79. The molecule has 2 heterocycles. The number of aryl methyl sites for hydroxylation is 1. The Morgan fingerprint density at radius 1 is 1.09 bits per heavy atom. The van der Waals surface area contributed by atoms with Gasteiger partial charge >= 0.3 is 5.97 Å². The van der Waals surface area contributed by atoms with Gasteiger partial charge in [0.25, 0.3) is 0 Å². The zero-order valence-corrected chi connectivity index (χ0v) is 14.4. The summed E-state index contributed by atoms with van der Waals surface area (Å²) < 4.78 is 20.4. The van der Waals surface area contributed by atoms with Crippen molar-refractivity contribution >= 4 is 38.0 Å². The average molecular weight is 348 g/mol. The van der Waals surface area contributed by atoms with Crippen LogP contribution in [-0.2, 0) is 6.42 Å². The fourth-order valence-corrected chi connectivity index (χ4v) is 4.66. The lowest BCUT2D eigenvalue weighted by Gasteiger charge is -2.01. The van der Waals surface area contributed by atoms with Crippen molar-refractivity contribution < 1.29 is 13.9 Å². The Bertz CT molecular complexity index is 771. The highest BCUT2D eigenvalue weighted by atomic mass is 32.1. The van der Waals surface area contributed by atoms with E-state index in [1.54, 1.807) is 11.3 Å². The van der Waals surface area contributed by atoms with Crippen LogP contribution in [0.2, 0.25) is 0 Å². The number of benzene rings is 1. The predicted molar refractivity (Wildman–Crippen MR) is 94.3 cm³/mol. The van der Waals surface area contributed by atoms with E-state index in [0.717, 1.165) is 15.8 Å². The summed E-state index contributed by atoms with van der Waals surface area (Å²) in [7, 11) is 0. The molecule has 2 aromatic heterocycles. The van der Waals surface area contributed by atoms with E-state index in [-0.39, 0.29) is 5.82 Å². The number of rotatable bonds is 6. The molecule has 120 valence electrons. The van der Waals surface area contributed by atoms with Crippen molar-refractivity contribution in [1.82, 2.24) is 0 Å². The summed E-state index contributed by atoms with van der Waals surface area (Å²) in [5, 5.41) is 0. The molecule has 0 aliphatic rings. The van der Waals surface area contributed by atoms with Crippen LogP contribution in [0.15, 0.2) is 36.4 Å². The molecule has 0 saturated carbocycles. The molecule has 0 fully saturated rings. The third-order valence-electron chi connectivity index (χ3n) is 3.51. The number of halogens is 1. The van der Waals surface area contributed by atoms with Crippen LogP contribution in [-0.4, -0.2) is 5.97 Å². The largest absolute Gasteiger partial charge is 0.422 e. The molecule has 0 N–H and O–H groups in total. The first-order valence-electron chi connectivity index (χ1n) is 7.65. The molecule has 3 rings (SSSR count). The molecule has 0 saturated heterocycles. The standard InChI is InChI=1S/C18H17FO2S2/c1-2-3-4-5-14-10-15-16(22-14)11-17(23-15)18(20)21-13-8-6-12(19)7-9-13/h6-11H,2-5H2,1H3. The van der Waals surface area contributed by atoms with Gasteiger partial charge in [0.1, 0.15) is 16.4 Å². The molecule has 0 atom stereocenters. The lowest BCUT2D eigenvalue weighted by molar-refractivity contribution is 0.0740. The molecule has 3 aromatic rings. The monoisotopic (exact) mass is 348 g/mol. The molecule has 0 spiro atoms. The van der Waals surface area contributed by atoms with E-state index >= 15 is 0 Å². The van der Waals surface area contributed by atoms with E-state index in [1.165, 1.54) is 59.7 Å². The number of carbonyl (C=O) groups excluding carboxylic acids is 1. The molecular weight excluding hydrogens is 331 g/mol. The van der Waals surface area contributed by atoms with Crippen molar-refractivity contribution in [3.05, 3.63) is 52.0 Å². The van der Waals surface area contributed by atoms with Crippen LogP contribution in [0.3, 0.4) is 0 Å². The van der Waals surface area contributed by atoms with Crippen LogP contribution in [0.4, 0.5) is 4.39 Å².